The van der Waals surface area contributed by atoms with E-state index in [2.05, 4.69) is 0 Å². The lowest BCUT2D eigenvalue weighted by Gasteiger charge is -2.40. The number of aromatic hydroxyl groups is 1. The molecular weight excluding hydrogens is 518 g/mol. The minimum Gasteiger partial charge on any atom is -0.507 e. The number of sulfone groups is 2. The second kappa shape index (κ2) is 9.52. The van der Waals surface area contributed by atoms with E-state index in [9.17, 15) is 30.7 Å². The minimum atomic E-state index is -4.21. The summed E-state index contributed by atoms with van der Waals surface area (Å²) in [6.07, 6.45) is 0.101. The fourth-order valence-electron chi connectivity index (χ4n) is 4.80. The number of halogens is 3. The van der Waals surface area contributed by atoms with Crippen molar-refractivity contribution in [2.45, 2.75) is 40.2 Å². The Balaban J connectivity index is 1.71. The van der Waals surface area contributed by atoms with Gasteiger partial charge in [0.25, 0.3) is 0 Å². The Hall–Kier alpha value is -2.49. The first-order valence-electron chi connectivity index (χ1n) is 10.9. The molecule has 0 amide bonds. The molecule has 4 rings (SSSR count). The summed E-state index contributed by atoms with van der Waals surface area (Å²) >= 11 is 5.91. The molecule has 1 aliphatic rings. The Morgan fingerprint density at radius 1 is 0.914 bits per heavy atom. The number of benzene rings is 3. The van der Waals surface area contributed by atoms with E-state index in [1.54, 1.807) is 0 Å². The van der Waals surface area contributed by atoms with Gasteiger partial charge in [-0.3, -0.25) is 0 Å². The number of phenols is 1. The van der Waals surface area contributed by atoms with Crippen molar-refractivity contribution in [1.82, 2.24) is 0 Å². The third-order valence-electron chi connectivity index (χ3n) is 6.63. The standard InChI is InChI=1S/C25H23ClF2O5S2/c26-18-5-8-20(9-6-18)35(32,33)25(21-15-19(27)7-10-22(21)28)13-11-17(12-14-25)16-34(30,31)24-4-2-1-3-23(24)29/h1-10,15,17,29H,11-14,16H2. The van der Waals surface area contributed by atoms with Crippen molar-refractivity contribution in [2.24, 2.45) is 5.92 Å². The molecule has 0 saturated heterocycles. The van der Waals surface area contributed by atoms with Gasteiger partial charge in [-0.2, -0.15) is 0 Å². The summed E-state index contributed by atoms with van der Waals surface area (Å²) in [7, 11) is -8.06. The van der Waals surface area contributed by atoms with Crippen molar-refractivity contribution in [3.05, 3.63) is 89.0 Å². The van der Waals surface area contributed by atoms with E-state index in [1.165, 1.54) is 48.5 Å². The lowest BCUT2D eigenvalue weighted by atomic mass is 9.78. The van der Waals surface area contributed by atoms with Gasteiger partial charge in [0.2, 0.25) is 0 Å². The lowest BCUT2D eigenvalue weighted by Crippen LogP contribution is -2.41. The van der Waals surface area contributed by atoms with Gasteiger partial charge < -0.3 is 5.11 Å². The summed E-state index contributed by atoms with van der Waals surface area (Å²) in [5, 5.41) is 10.3. The van der Waals surface area contributed by atoms with Crippen LogP contribution in [-0.2, 0) is 24.4 Å². The maximum atomic E-state index is 15.0. The molecule has 0 atom stereocenters. The Morgan fingerprint density at radius 2 is 1.54 bits per heavy atom. The zero-order valence-corrected chi connectivity index (χ0v) is 20.9. The number of para-hydroxylation sites is 1. The quantitative estimate of drug-likeness (QED) is 0.436. The van der Waals surface area contributed by atoms with E-state index in [-0.39, 0.29) is 52.5 Å². The molecule has 1 aliphatic carbocycles. The van der Waals surface area contributed by atoms with Gasteiger partial charge in [0.15, 0.2) is 19.7 Å². The normalized spacial score (nSPS) is 21.1. The van der Waals surface area contributed by atoms with Crippen molar-refractivity contribution in [3.8, 4) is 5.75 Å². The highest BCUT2D eigenvalue weighted by Crippen LogP contribution is 2.49. The second-order valence-electron chi connectivity index (χ2n) is 8.77. The first-order valence-corrected chi connectivity index (χ1v) is 14.4. The van der Waals surface area contributed by atoms with Crippen molar-refractivity contribution in [2.75, 3.05) is 5.75 Å². The molecule has 1 N–H and O–H groups in total. The van der Waals surface area contributed by atoms with Gasteiger partial charge in [0, 0.05) is 10.6 Å². The molecule has 186 valence electrons. The summed E-state index contributed by atoms with van der Waals surface area (Å²) in [6.45, 7) is 0. The van der Waals surface area contributed by atoms with Crippen LogP contribution in [0.5, 0.6) is 5.75 Å². The van der Waals surface area contributed by atoms with Crippen LogP contribution >= 0.6 is 11.6 Å². The SMILES string of the molecule is O=S(=O)(CC1CCC(c2cc(F)ccc2F)(S(=O)(=O)c2ccc(Cl)cc2)CC1)c1ccccc1O. The molecule has 0 radical (unpaired) electrons. The Bertz CT molecular complexity index is 1450. The van der Waals surface area contributed by atoms with E-state index in [0.717, 1.165) is 18.2 Å². The molecule has 3 aromatic rings. The van der Waals surface area contributed by atoms with E-state index in [1.807, 2.05) is 0 Å². The van der Waals surface area contributed by atoms with Crippen LogP contribution in [0, 0.1) is 17.6 Å². The maximum Gasteiger partial charge on any atom is 0.188 e. The summed E-state index contributed by atoms with van der Waals surface area (Å²) in [5.74, 6) is -2.69. The number of phenolic OH excluding ortho intramolecular Hbond substituents is 1. The average molecular weight is 541 g/mol. The van der Waals surface area contributed by atoms with Gasteiger partial charge in [-0.15, -0.1) is 0 Å². The summed E-state index contributed by atoms with van der Waals surface area (Å²) < 4.78 is 80.9. The smallest absolute Gasteiger partial charge is 0.188 e. The minimum absolute atomic E-state index is 0.0779. The van der Waals surface area contributed by atoms with Crippen LogP contribution in [0.25, 0.3) is 0 Å². The second-order valence-corrected chi connectivity index (χ2v) is 13.5. The number of hydrogen-bond donors (Lipinski definition) is 1. The van der Waals surface area contributed by atoms with Crippen LogP contribution in [0.4, 0.5) is 8.78 Å². The molecule has 0 unspecified atom stereocenters. The molecule has 0 aromatic heterocycles. The molecule has 0 bridgehead atoms. The first kappa shape index (κ1) is 25.6. The third kappa shape index (κ3) is 4.81. The van der Waals surface area contributed by atoms with E-state index < -0.39 is 42.0 Å². The van der Waals surface area contributed by atoms with E-state index in [0.29, 0.717) is 5.02 Å². The maximum absolute atomic E-state index is 15.0. The van der Waals surface area contributed by atoms with Crippen LogP contribution in [0.1, 0.15) is 31.2 Å². The van der Waals surface area contributed by atoms with Gasteiger partial charge in [-0.05, 0) is 86.2 Å². The molecule has 1 fully saturated rings. The third-order valence-corrected chi connectivity index (χ3v) is 11.4. The van der Waals surface area contributed by atoms with Crippen molar-refractivity contribution in [1.29, 1.82) is 0 Å². The molecular formula is C25H23ClF2O5S2. The predicted molar refractivity (Wildman–Crippen MR) is 129 cm³/mol. The first-order chi connectivity index (χ1) is 16.5. The largest absolute Gasteiger partial charge is 0.507 e. The van der Waals surface area contributed by atoms with Gasteiger partial charge in [0.1, 0.15) is 27.0 Å². The number of hydrogen-bond acceptors (Lipinski definition) is 5. The van der Waals surface area contributed by atoms with Gasteiger partial charge in [-0.25, -0.2) is 25.6 Å². The van der Waals surface area contributed by atoms with Crippen LogP contribution in [0.3, 0.4) is 0 Å². The van der Waals surface area contributed by atoms with Crippen molar-refractivity contribution in [3.63, 3.8) is 0 Å². The summed E-state index contributed by atoms with van der Waals surface area (Å²) in [5.41, 5.74) is -0.269. The van der Waals surface area contributed by atoms with Crippen molar-refractivity contribution >= 4 is 31.3 Å². The van der Waals surface area contributed by atoms with E-state index >= 15 is 0 Å². The Morgan fingerprint density at radius 3 is 2.17 bits per heavy atom. The monoisotopic (exact) mass is 540 g/mol. The highest BCUT2D eigenvalue weighted by atomic mass is 35.5. The fraction of sp³-hybridized carbons (Fsp3) is 0.280. The van der Waals surface area contributed by atoms with Gasteiger partial charge in [-0.1, -0.05) is 23.7 Å². The summed E-state index contributed by atoms with van der Waals surface area (Å²) in [6, 6.07) is 13.8. The molecule has 10 heteroatoms. The molecule has 3 aromatic carbocycles. The van der Waals surface area contributed by atoms with E-state index in [4.69, 9.17) is 11.6 Å². The topological polar surface area (TPSA) is 88.5 Å². The van der Waals surface area contributed by atoms with Crippen LogP contribution in [-0.4, -0.2) is 27.7 Å². The molecule has 0 spiro atoms. The Kier molecular flexibility index (Phi) is 6.96. The Labute approximate surface area is 208 Å². The molecule has 5 nitrogen and oxygen atoms in total. The highest BCUT2D eigenvalue weighted by molar-refractivity contribution is 7.92. The van der Waals surface area contributed by atoms with Gasteiger partial charge in [0.05, 0.1) is 10.6 Å². The van der Waals surface area contributed by atoms with Crippen molar-refractivity contribution < 1.29 is 30.7 Å². The molecule has 1 saturated carbocycles. The summed E-state index contributed by atoms with van der Waals surface area (Å²) in [4.78, 5) is -0.271. The molecule has 0 aliphatic heterocycles. The van der Waals surface area contributed by atoms with Crippen LogP contribution in [0.2, 0.25) is 5.02 Å². The predicted octanol–water partition coefficient (Wildman–Crippen LogP) is 5.66. The van der Waals surface area contributed by atoms with Crippen LogP contribution in [0.15, 0.2) is 76.5 Å². The molecule has 0 heterocycles. The fourth-order valence-corrected chi connectivity index (χ4v) is 8.90. The highest BCUT2D eigenvalue weighted by Gasteiger charge is 2.50. The molecule has 35 heavy (non-hydrogen) atoms. The number of rotatable bonds is 6. The van der Waals surface area contributed by atoms with Crippen LogP contribution < -0.4 is 0 Å². The zero-order chi connectivity index (χ0) is 25.4. The lowest BCUT2D eigenvalue weighted by molar-refractivity contribution is 0.303. The van der Waals surface area contributed by atoms with Gasteiger partial charge >= 0.3 is 0 Å². The zero-order valence-electron chi connectivity index (χ0n) is 18.5. The average Bonchev–Trinajstić information content (AvgIpc) is 2.81.